The molecule has 0 bridgehead atoms. The average Bonchev–Trinajstić information content (AvgIpc) is 2.63. The van der Waals surface area contributed by atoms with Gasteiger partial charge in [0.25, 0.3) is 0 Å². The van der Waals surface area contributed by atoms with E-state index in [1.807, 2.05) is 25.1 Å². The summed E-state index contributed by atoms with van der Waals surface area (Å²) in [4.78, 5) is 23.8. The lowest BCUT2D eigenvalue weighted by molar-refractivity contribution is -0.115. The number of hydrogen-bond donors (Lipinski definition) is 3. The van der Waals surface area contributed by atoms with E-state index >= 15 is 0 Å². The van der Waals surface area contributed by atoms with Crippen molar-refractivity contribution in [1.82, 2.24) is 10.6 Å². The van der Waals surface area contributed by atoms with Gasteiger partial charge in [-0.15, -0.1) is 0 Å². The van der Waals surface area contributed by atoms with Crippen LogP contribution in [0.1, 0.15) is 24.1 Å². The second kappa shape index (κ2) is 8.98. The topological polar surface area (TPSA) is 79.5 Å². The van der Waals surface area contributed by atoms with Crippen molar-refractivity contribution in [3.8, 4) is 5.75 Å². The molecule has 0 saturated heterocycles. The highest BCUT2D eigenvalue weighted by Gasteiger charge is 2.15. The Labute approximate surface area is 155 Å². The lowest BCUT2D eigenvalue weighted by atomic mass is 10.0. The van der Waals surface area contributed by atoms with Gasteiger partial charge in [-0.1, -0.05) is 17.7 Å². The van der Waals surface area contributed by atoms with Crippen molar-refractivity contribution in [2.45, 2.75) is 19.9 Å². The second-order valence-electron chi connectivity index (χ2n) is 5.97. The van der Waals surface area contributed by atoms with Crippen LogP contribution in [-0.2, 0) is 4.79 Å². The number of benzene rings is 2. The maximum atomic E-state index is 13.1. The molecule has 0 aliphatic carbocycles. The van der Waals surface area contributed by atoms with Crippen molar-refractivity contribution in [1.29, 1.82) is 0 Å². The third kappa shape index (κ3) is 5.67. The molecule has 6 nitrogen and oxygen atoms in total. The molecular formula is C19H21F2N3O3. The van der Waals surface area contributed by atoms with Crippen molar-refractivity contribution in [2.75, 3.05) is 19.0 Å². The Morgan fingerprint density at radius 3 is 2.52 bits per heavy atom. The van der Waals surface area contributed by atoms with Crippen molar-refractivity contribution >= 4 is 17.6 Å². The van der Waals surface area contributed by atoms with E-state index in [0.717, 1.165) is 23.3 Å². The molecule has 2 rings (SSSR count). The number of nitrogens with one attached hydrogen (secondary N) is 3. The molecule has 2 aromatic rings. The Hall–Kier alpha value is -3.16. The van der Waals surface area contributed by atoms with Crippen molar-refractivity contribution < 1.29 is 23.1 Å². The van der Waals surface area contributed by atoms with Crippen LogP contribution in [0.15, 0.2) is 36.4 Å². The number of amides is 3. The molecule has 8 heteroatoms. The van der Waals surface area contributed by atoms with Gasteiger partial charge in [0.2, 0.25) is 5.91 Å². The van der Waals surface area contributed by atoms with E-state index in [1.165, 1.54) is 6.07 Å². The summed E-state index contributed by atoms with van der Waals surface area (Å²) in [5.41, 5.74) is 1.92. The number of methoxy groups -OCH3 is 1. The summed E-state index contributed by atoms with van der Waals surface area (Å²) >= 11 is 0. The van der Waals surface area contributed by atoms with Gasteiger partial charge >= 0.3 is 6.03 Å². The summed E-state index contributed by atoms with van der Waals surface area (Å²) in [6.45, 7) is 3.39. The molecule has 0 fully saturated rings. The number of ether oxygens (including phenoxy) is 1. The fourth-order valence-corrected chi connectivity index (χ4v) is 2.46. The number of anilines is 1. The highest BCUT2D eigenvalue weighted by atomic mass is 19.2. The lowest BCUT2D eigenvalue weighted by Crippen LogP contribution is -2.41. The molecule has 0 aliphatic heterocycles. The molecule has 3 N–H and O–H groups in total. The van der Waals surface area contributed by atoms with Crippen LogP contribution in [0.2, 0.25) is 0 Å². The van der Waals surface area contributed by atoms with Crippen LogP contribution < -0.4 is 20.7 Å². The van der Waals surface area contributed by atoms with E-state index < -0.39 is 23.6 Å². The van der Waals surface area contributed by atoms with Gasteiger partial charge in [0.1, 0.15) is 5.75 Å². The summed E-state index contributed by atoms with van der Waals surface area (Å²) in [6.07, 6.45) is 0. The molecule has 1 atom stereocenters. The normalized spacial score (nSPS) is 11.4. The van der Waals surface area contributed by atoms with Crippen molar-refractivity contribution in [3.63, 3.8) is 0 Å². The number of hydrogen-bond acceptors (Lipinski definition) is 3. The van der Waals surface area contributed by atoms with E-state index in [-0.39, 0.29) is 18.3 Å². The Bertz CT molecular complexity index is 843. The van der Waals surface area contributed by atoms with Crippen molar-refractivity contribution in [2.24, 2.45) is 0 Å². The van der Waals surface area contributed by atoms with Crippen LogP contribution in [0.5, 0.6) is 5.75 Å². The third-order valence-corrected chi connectivity index (χ3v) is 3.81. The van der Waals surface area contributed by atoms with Crippen LogP contribution in [0.4, 0.5) is 19.3 Å². The number of rotatable bonds is 6. The summed E-state index contributed by atoms with van der Waals surface area (Å²) in [5, 5.41) is 7.49. The molecule has 0 aromatic heterocycles. The number of urea groups is 1. The Kier molecular flexibility index (Phi) is 6.70. The molecule has 0 spiro atoms. The summed E-state index contributed by atoms with van der Waals surface area (Å²) < 4.78 is 31.3. The van der Waals surface area contributed by atoms with Gasteiger partial charge in [-0.3, -0.25) is 4.79 Å². The quantitative estimate of drug-likeness (QED) is 0.723. The molecule has 0 heterocycles. The molecule has 0 aliphatic rings. The molecular weight excluding hydrogens is 356 g/mol. The summed E-state index contributed by atoms with van der Waals surface area (Å²) in [5.74, 6) is -2.01. The minimum Gasteiger partial charge on any atom is -0.496 e. The Balaban J connectivity index is 1.87. The SMILES string of the molecule is COc1ccc(C)cc1C(C)NC(=O)NCC(=O)Nc1ccc(F)c(F)c1. The molecule has 1 unspecified atom stereocenters. The zero-order valence-electron chi connectivity index (χ0n) is 15.2. The number of carbonyl (C=O) groups is 2. The summed E-state index contributed by atoms with van der Waals surface area (Å²) in [6, 6.07) is 7.71. The summed E-state index contributed by atoms with van der Waals surface area (Å²) in [7, 11) is 1.55. The van der Waals surface area contributed by atoms with Gasteiger partial charge in [0.15, 0.2) is 11.6 Å². The maximum Gasteiger partial charge on any atom is 0.315 e. The molecule has 2 aromatic carbocycles. The monoisotopic (exact) mass is 377 g/mol. The lowest BCUT2D eigenvalue weighted by Gasteiger charge is -2.18. The molecule has 144 valence electrons. The third-order valence-electron chi connectivity index (χ3n) is 3.81. The van der Waals surface area contributed by atoms with E-state index in [1.54, 1.807) is 14.0 Å². The van der Waals surface area contributed by atoms with Gasteiger partial charge in [0, 0.05) is 17.3 Å². The van der Waals surface area contributed by atoms with E-state index in [0.29, 0.717) is 5.75 Å². The zero-order valence-corrected chi connectivity index (χ0v) is 15.2. The minimum absolute atomic E-state index is 0.0963. The van der Waals surface area contributed by atoms with Crippen LogP contribution in [0.25, 0.3) is 0 Å². The number of carbonyl (C=O) groups excluding carboxylic acids is 2. The predicted molar refractivity (Wildman–Crippen MR) is 97.7 cm³/mol. The van der Waals surface area contributed by atoms with Gasteiger partial charge in [0.05, 0.1) is 19.7 Å². The van der Waals surface area contributed by atoms with Crippen LogP contribution in [0, 0.1) is 18.6 Å². The van der Waals surface area contributed by atoms with Crippen LogP contribution >= 0.6 is 0 Å². The molecule has 0 radical (unpaired) electrons. The number of halogens is 2. The van der Waals surface area contributed by atoms with E-state index in [4.69, 9.17) is 4.74 Å². The van der Waals surface area contributed by atoms with E-state index in [2.05, 4.69) is 16.0 Å². The van der Waals surface area contributed by atoms with Crippen molar-refractivity contribution in [3.05, 3.63) is 59.2 Å². The molecule has 3 amide bonds. The average molecular weight is 377 g/mol. The van der Waals surface area contributed by atoms with Crippen LogP contribution in [0.3, 0.4) is 0 Å². The zero-order chi connectivity index (χ0) is 20.0. The first-order chi connectivity index (χ1) is 12.8. The first-order valence-corrected chi connectivity index (χ1v) is 8.24. The largest absolute Gasteiger partial charge is 0.496 e. The van der Waals surface area contributed by atoms with Gasteiger partial charge in [-0.2, -0.15) is 0 Å². The fraction of sp³-hybridized carbons (Fsp3) is 0.263. The fourth-order valence-electron chi connectivity index (χ4n) is 2.46. The Morgan fingerprint density at radius 1 is 1.11 bits per heavy atom. The minimum atomic E-state index is -1.07. The molecule has 27 heavy (non-hydrogen) atoms. The van der Waals surface area contributed by atoms with E-state index in [9.17, 15) is 18.4 Å². The van der Waals surface area contributed by atoms with Gasteiger partial charge in [-0.05, 0) is 32.0 Å². The Morgan fingerprint density at radius 2 is 1.85 bits per heavy atom. The standard InChI is InChI=1S/C19H21F2N3O3/c1-11-4-7-17(27-3)14(8-11)12(2)23-19(26)22-10-18(25)24-13-5-6-15(20)16(21)9-13/h4-9,12H,10H2,1-3H3,(H,24,25)(H2,22,23,26). The highest BCUT2D eigenvalue weighted by molar-refractivity contribution is 5.94. The predicted octanol–water partition coefficient (Wildman–Crippen LogP) is 3.28. The van der Waals surface area contributed by atoms with Crippen LogP contribution in [-0.4, -0.2) is 25.6 Å². The first kappa shape index (κ1) is 20.2. The smallest absolute Gasteiger partial charge is 0.315 e. The number of aryl methyl sites for hydroxylation is 1. The van der Waals surface area contributed by atoms with Gasteiger partial charge in [-0.25, -0.2) is 13.6 Å². The highest BCUT2D eigenvalue weighted by Crippen LogP contribution is 2.25. The van der Waals surface area contributed by atoms with Gasteiger partial charge < -0.3 is 20.7 Å². The molecule has 0 saturated carbocycles. The first-order valence-electron chi connectivity index (χ1n) is 8.24. The maximum absolute atomic E-state index is 13.1. The second-order valence-corrected chi connectivity index (χ2v) is 5.97.